The monoisotopic (exact) mass is 312 g/mol. The second-order valence-corrected chi connectivity index (χ2v) is 5.29. The number of nitrogens with one attached hydrogen (secondary N) is 1. The van der Waals surface area contributed by atoms with Crippen LogP contribution in [-0.2, 0) is 0 Å². The predicted octanol–water partition coefficient (Wildman–Crippen LogP) is 1.65. The number of aromatic nitrogens is 1. The largest absolute Gasteiger partial charge is 0.495 e. The lowest BCUT2D eigenvalue weighted by Crippen LogP contribution is -2.32. The van der Waals surface area contributed by atoms with E-state index in [1.165, 1.54) is 0 Å². The van der Waals surface area contributed by atoms with Crippen LogP contribution in [0.4, 0.5) is 0 Å². The Balaban J connectivity index is 2.37. The van der Waals surface area contributed by atoms with Crippen LogP contribution in [0.15, 0.2) is 36.5 Å². The number of nitrogens with zero attached hydrogens (tertiary/aromatic N) is 3. The number of ether oxygens (including phenoxy) is 1. The van der Waals surface area contributed by atoms with Crippen LogP contribution in [0, 0.1) is 11.3 Å². The normalized spacial score (nSPS) is 10.4. The first-order valence-electron chi connectivity index (χ1n) is 7.26. The third kappa shape index (κ3) is 3.71. The van der Waals surface area contributed by atoms with Gasteiger partial charge < -0.3 is 19.5 Å². The smallest absolute Gasteiger partial charge is 0.269 e. The van der Waals surface area contributed by atoms with Crippen LogP contribution in [0.2, 0.25) is 0 Å². The van der Waals surface area contributed by atoms with E-state index < -0.39 is 0 Å². The highest BCUT2D eigenvalue weighted by molar-refractivity contribution is 5.96. The Kier molecular flexibility index (Phi) is 5.39. The highest BCUT2D eigenvalue weighted by Gasteiger charge is 2.19. The van der Waals surface area contributed by atoms with Crippen LogP contribution in [0.1, 0.15) is 16.1 Å². The molecule has 2 aromatic rings. The van der Waals surface area contributed by atoms with Gasteiger partial charge in [-0.1, -0.05) is 12.1 Å². The Labute approximate surface area is 135 Å². The maximum Gasteiger partial charge on any atom is 0.269 e. The van der Waals surface area contributed by atoms with Crippen molar-refractivity contribution in [1.29, 1.82) is 5.26 Å². The van der Waals surface area contributed by atoms with Gasteiger partial charge in [0, 0.05) is 19.3 Å². The number of nitriles is 1. The quantitative estimate of drug-likeness (QED) is 0.880. The number of likely N-dealkylation sites (N-methyl/N-ethyl adjacent to an activating group) is 1. The number of methoxy groups -OCH3 is 1. The van der Waals surface area contributed by atoms with Crippen LogP contribution in [0.3, 0.4) is 0 Å². The summed E-state index contributed by atoms with van der Waals surface area (Å²) in [7, 11) is 5.44. The molecule has 0 fully saturated rings. The van der Waals surface area contributed by atoms with E-state index in [1.54, 1.807) is 23.9 Å². The van der Waals surface area contributed by atoms with Crippen molar-refractivity contribution >= 4 is 5.91 Å². The molecule has 0 radical (unpaired) electrons. The zero-order valence-corrected chi connectivity index (χ0v) is 13.5. The van der Waals surface area contributed by atoms with Crippen LogP contribution in [-0.4, -0.2) is 49.7 Å². The van der Waals surface area contributed by atoms with E-state index in [2.05, 4.69) is 11.4 Å². The number of carbonyl (C=O) groups is 1. The van der Waals surface area contributed by atoms with Gasteiger partial charge in [-0.15, -0.1) is 0 Å². The first-order valence-corrected chi connectivity index (χ1v) is 7.26. The van der Waals surface area contributed by atoms with Crippen LogP contribution in [0.5, 0.6) is 5.75 Å². The van der Waals surface area contributed by atoms with Gasteiger partial charge in [-0.2, -0.15) is 5.26 Å². The molecule has 23 heavy (non-hydrogen) atoms. The molecule has 6 nitrogen and oxygen atoms in total. The Bertz CT molecular complexity index is 728. The number of carbonyl (C=O) groups excluding carboxylic acids is 1. The second kappa shape index (κ2) is 7.47. The third-order valence-corrected chi connectivity index (χ3v) is 3.41. The minimum absolute atomic E-state index is 0.278. The summed E-state index contributed by atoms with van der Waals surface area (Å²) in [5.74, 6) is 0.356. The highest BCUT2D eigenvalue weighted by Crippen LogP contribution is 2.25. The molecule has 1 aromatic carbocycles. The predicted molar refractivity (Wildman–Crippen MR) is 87.9 cm³/mol. The molecule has 2 rings (SSSR count). The zero-order valence-electron chi connectivity index (χ0n) is 13.5. The van der Waals surface area contributed by atoms with Gasteiger partial charge >= 0.3 is 0 Å². The highest BCUT2D eigenvalue weighted by atomic mass is 16.5. The summed E-state index contributed by atoms with van der Waals surface area (Å²) in [4.78, 5) is 14.5. The maximum atomic E-state index is 12.5. The van der Waals surface area contributed by atoms with Gasteiger partial charge in [0.15, 0.2) is 0 Å². The van der Waals surface area contributed by atoms with Crippen molar-refractivity contribution in [2.24, 2.45) is 0 Å². The molecule has 0 atom stereocenters. The number of hydrogen-bond donors (Lipinski definition) is 1. The molecule has 1 heterocycles. The Morgan fingerprint density at radius 3 is 2.74 bits per heavy atom. The Hall–Kier alpha value is -2.78. The Morgan fingerprint density at radius 2 is 2.09 bits per heavy atom. The molecule has 0 spiro atoms. The molecule has 1 aromatic heterocycles. The van der Waals surface area contributed by atoms with Crippen molar-refractivity contribution in [1.82, 2.24) is 14.8 Å². The fourth-order valence-corrected chi connectivity index (χ4v) is 2.26. The molecule has 0 aliphatic heterocycles. The fraction of sp³-hybridized carbons (Fsp3) is 0.294. The zero-order chi connectivity index (χ0) is 16.8. The summed E-state index contributed by atoms with van der Waals surface area (Å²) in [6, 6.07) is 11.1. The minimum Gasteiger partial charge on any atom is -0.495 e. The van der Waals surface area contributed by atoms with E-state index >= 15 is 0 Å². The molecular formula is C17H20N4O2. The van der Waals surface area contributed by atoms with Gasteiger partial charge in [-0.3, -0.25) is 4.79 Å². The summed E-state index contributed by atoms with van der Waals surface area (Å²) in [6.45, 7) is 1.23. The molecule has 1 amide bonds. The summed E-state index contributed by atoms with van der Waals surface area (Å²) in [5, 5.41) is 12.1. The number of amides is 1. The lowest BCUT2D eigenvalue weighted by Gasteiger charge is -2.14. The van der Waals surface area contributed by atoms with E-state index in [-0.39, 0.29) is 5.91 Å². The van der Waals surface area contributed by atoms with Crippen molar-refractivity contribution < 1.29 is 9.53 Å². The summed E-state index contributed by atoms with van der Waals surface area (Å²) < 4.78 is 7.03. The molecular weight excluding hydrogens is 292 g/mol. The summed E-state index contributed by atoms with van der Waals surface area (Å²) in [5.41, 5.74) is 1.36. The number of hydrogen-bond acceptors (Lipinski definition) is 4. The average Bonchev–Trinajstić information content (AvgIpc) is 2.98. The van der Waals surface area contributed by atoms with E-state index in [0.717, 1.165) is 6.54 Å². The van der Waals surface area contributed by atoms with E-state index in [1.807, 2.05) is 43.3 Å². The second-order valence-electron chi connectivity index (χ2n) is 5.29. The molecule has 0 aliphatic carbocycles. The van der Waals surface area contributed by atoms with Crippen molar-refractivity contribution in [3.8, 4) is 17.5 Å². The SMILES string of the molecule is COc1ccccc1-n1ccc(C#N)c1C(=O)NCCN(C)C. The molecule has 0 saturated carbocycles. The number of para-hydroxylation sites is 2. The van der Waals surface area contributed by atoms with Crippen molar-refractivity contribution in [3.63, 3.8) is 0 Å². The van der Waals surface area contributed by atoms with Crippen LogP contribution < -0.4 is 10.1 Å². The van der Waals surface area contributed by atoms with Crippen LogP contribution >= 0.6 is 0 Å². The average molecular weight is 312 g/mol. The Morgan fingerprint density at radius 1 is 1.35 bits per heavy atom. The lowest BCUT2D eigenvalue weighted by atomic mass is 10.2. The maximum absolute atomic E-state index is 12.5. The van der Waals surface area contributed by atoms with Gasteiger partial charge in [-0.05, 0) is 32.3 Å². The van der Waals surface area contributed by atoms with Crippen molar-refractivity contribution in [3.05, 3.63) is 47.8 Å². The van der Waals surface area contributed by atoms with Gasteiger partial charge in [-0.25, -0.2) is 0 Å². The van der Waals surface area contributed by atoms with Crippen molar-refractivity contribution in [2.75, 3.05) is 34.3 Å². The molecule has 1 N–H and O–H groups in total. The van der Waals surface area contributed by atoms with Gasteiger partial charge in [0.05, 0.1) is 18.4 Å². The van der Waals surface area contributed by atoms with Crippen LogP contribution in [0.25, 0.3) is 5.69 Å². The standard InChI is InChI=1S/C17H20N4O2/c1-20(2)11-9-19-17(22)16-13(12-18)8-10-21(16)14-6-4-5-7-15(14)23-3/h4-8,10H,9,11H2,1-3H3,(H,19,22). The number of benzene rings is 1. The van der Waals surface area contributed by atoms with Gasteiger partial charge in [0.2, 0.25) is 0 Å². The molecule has 6 heteroatoms. The molecule has 0 aliphatic rings. The first-order chi connectivity index (χ1) is 11.1. The fourth-order valence-electron chi connectivity index (χ4n) is 2.26. The summed E-state index contributed by atoms with van der Waals surface area (Å²) in [6.07, 6.45) is 1.71. The lowest BCUT2D eigenvalue weighted by molar-refractivity contribution is 0.0944. The van der Waals surface area contributed by atoms with Gasteiger partial charge in [0.1, 0.15) is 17.5 Å². The number of rotatable bonds is 6. The molecule has 120 valence electrons. The van der Waals surface area contributed by atoms with E-state index in [0.29, 0.717) is 29.2 Å². The summed E-state index contributed by atoms with van der Waals surface area (Å²) >= 11 is 0. The molecule has 0 saturated heterocycles. The molecule has 0 unspecified atom stereocenters. The third-order valence-electron chi connectivity index (χ3n) is 3.41. The van der Waals surface area contributed by atoms with Gasteiger partial charge in [0.25, 0.3) is 5.91 Å². The van der Waals surface area contributed by atoms with E-state index in [4.69, 9.17) is 4.74 Å². The van der Waals surface area contributed by atoms with E-state index in [9.17, 15) is 10.1 Å². The minimum atomic E-state index is -0.278. The topological polar surface area (TPSA) is 70.3 Å². The molecule has 0 bridgehead atoms. The van der Waals surface area contributed by atoms with Crippen molar-refractivity contribution in [2.45, 2.75) is 0 Å². The first kappa shape index (κ1) is 16.6.